The predicted molar refractivity (Wildman–Crippen MR) is 64.2 cm³/mol. The number of carbonyl (C=O) groups is 2. The molecule has 6 nitrogen and oxygen atoms in total. The van der Waals surface area contributed by atoms with Gasteiger partial charge in [-0.2, -0.15) is 5.10 Å². The number of hydrogen-bond donors (Lipinski definition) is 1. The summed E-state index contributed by atoms with van der Waals surface area (Å²) in [7, 11) is 0. The van der Waals surface area contributed by atoms with Crippen LogP contribution in [0.1, 0.15) is 19.3 Å². The molecule has 0 bridgehead atoms. The van der Waals surface area contributed by atoms with Crippen LogP contribution in [0.15, 0.2) is 12.4 Å². The number of nitrogens with zero attached hydrogens (tertiary/aromatic N) is 3. The molecular weight excluding hydrogens is 258 g/mol. The second-order valence-corrected chi connectivity index (χ2v) is 4.69. The molecule has 0 aromatic carbocycles. The largest absolute Gasteiger partial charge is 0.480 e. The molecule has 98 valence electrons. The van der Waals surface area contributed by atoms with Crippen LogP contribution in [0.4, 0.5) is 0 Å². The fourth-order valence-corrected chi connectivity index (χ4v) is 2.29. The van der Waals surface area contributed by atoms with Crippen LogP contribution in [0, 0.1) is 0 Å². The van der Waals surface area contributed by atoms with Gasteiger partial charge in [0.2, 0.25) is 5.91 Å². The SMILES string of the molecule is O=C(O)[C@@H]1CCCN1C(=O)CCn1cc(Cl)cn1. The molecule has 1 amide bonds. The minimum Gasteiger partial charge on any atom is -0.480 e. The number of hydrogen-bond acceptors (Lipinski definition) is 3. The van der Waals surface area contributed by atoms with Crippen molar-refractivity contribution in [1.29, 1.82) is 0 Å². The summed E-state index contributed by atoms with van der Waals surface area (Å²) in [5.74, 6) is -1.07. The first kappa shape index (κ1) is 12.9. The normalized spacial score (nSPS) is 19.2. The highest BCUT2D eigenvalue weighted by atomic mass is 35.5. The minimum atomic E-state index is -0.928. The van der Waals surface area contributed by atoms with Crippen molar-refractivity contribution in [1.82, 2.24) is 14.7 Å². The topological polar surface area (TPSA) is 75.4 Å². The van der Waals surface area contributed by atoms with Gasteiger partial charge in [-0.15, -0.1) is 0 Å². The van der Waals surface area contributed by atoms with Gasteiger partial charge in [-0.3, -0.25) is 9.48 Å². The van der Waals surface area contributed by atoms with Crippen molar-refractivity contribution in [3.63, 3.8) is 0 Å². The van der Waals surface area contributed by atoms with Crippen LogP contribution >= 0.6 is 11.6 Å². The molecule has 1 aliphatic rings. The Morgan fingerprint density at radius 3 is 2.94 bits per heavy atom. The van der Waals surface area contributed by atoms with E-state index < -0.39 is 12.0 Å². The summed E-state index contributed by atoms with van der Waals surface area (Å²) < 4.78 is 1.58. The van der Waals surface area contributed by atoms with Gasteiger partial charge in [0.1, 0.15) is 6.04 Å². The van der Waals surface area contributed by atoms with Gasteiger partial charge in [0, 0.05) is 25.7 Å². The monoisotopic (exact) mass is 271 g/mol. The molecule has 2 rings (SSSR count). The number of aromatic nitrogens is 2. The van der Waals surface area contributed by atoms with E-state index >= 15 is 0 Å². The molecule has 1 fully saturated rings. The summed E-state index contributed by atoms with van der Waals surface area (Å²) in [6, 6.07) is -0.668. The zero-order valence-electron chi connectivity index (χ0n) is 9.75. The van der Waals surface area contributed by atoms with Gasteiger partial charge < -0.3 is 10.0 Å². The molecule has 1 atom stereocenters. The summed E-state index contributed by atoms with van der Waals surface area (Å²) in [6.07, 6.45) is 4.65. The summed E-state index contributed by atoms with van der Waals surface area (Å²) in [4.78, 5) is 24.3. The average molecular weight is 272 g/mol. The van der Waals surface area contributed by atoms with Gasteiger partial charge in [0.05, 0.1) is 11.2 Å². The Morgan fingerprint density at radius 2 is 2.33 bits per heavy atom. The van der Waals surface area contributed by atoms with Crippen molar-refractivity contribution in [3.8, 4) is 0 Å². The molecule has 0 unspecified atom stereocenters. The Morgan fingerprint density at radius 1 is 1.56 bits per heavy atom. The first-order chi connectivity index (χ1) is 8.58. The van der Waals surface area contributed by atoms with Crippen molar-refractivity contribution in [2.75, 3.05) is 6.54 Å². The molecule has 0 spiro atoms. The zero-order chi connectivity index (χ0) is 13.1. The van der Waals surface area contributed by atoms with Crippen molar-refractivity contribution < 1.29 is 14.7 Å². The van der Waals surface area contributed by atoms with Crippen LogP contribution in [0.2, 0.25) is 5.02 Å². The lowest BCUT2D eigenvalue weighted by Crippen LogP contribution is -2.40. The van der Waals surface area contributed by atoms with E-state index in [0.29, 0.717) is 24.5 Å². The number of amides is 1. The molecule has 2 heterocycles. The number of carboxylic acids is 1. The van der Waals surface area contributed by atoms with E-state index in [2.05, 4.69) is 5.10 Å². The minimum absolute atomic E-state index is 0.147. The van der Waals surface area contributed by atoms with Crippen LogP contribution in [0.25, 0.3) is 0 Å². The van der Waals surface area contributed by atoms with E-state index in [4.69, 9.17) is 16.7 Å². The number of aliphatic carboxylic acids is 1. The van der Waals surface area contributed by atoms with E-state index in [0.717, 1.165) is 6.42 Å². The van der Waals surface area contributed by atoms with E-state index in [-0.39, 0.29) is 12.3 Å². The number of halogens is 1. The van der Waals surface area contributed by atoms with Crippen molar-refractivity contribution in [3.05, 3.63) is 17.4 Å². The Hall–Kier alpha value is -1.56. The number of carboxylic acid groups (broad SMARTS) is 1. The lowest BCUT2D eigenvalue weighted by molar-refractivity contribution is -0.148. The summed E-state index contributed by atoms with van der Waals surface area (Å²) in [6.45, 7) is 0.935. The highest BCUT2D eigenvalue weighted by Crippen LogP contribution is 2.18. The number of aryl methyl sites for hydroxylation is 1. The number of rotatable bonds is 4. The van der Waals surface area contributed by atoms with Gasteiger partial charge in [0.25, 0.3) is 0 Å². The smallest absolute Gasteiger partial charge is 0.326 e. The zero-order valence-corrected chi connectivity index (χ0v) is 10.5. The Labute approximate surface area is 109 Å². The predicted octanol–water partition coefficient (Wildman–Crippen LogP) is 1.00. The van der Waals surface area contributed by atoms with E-state index in [1.165, 1.54) is 11.1 Å². The highest BCUT2D eigenvalue weighted by molar-refractivity contribution is 6.30. The quantitative estimate of drug-likeness (QED) is 0.886. The van der Waals surface area contributed by atoms with Crippen LogP contribution < -0.4 is 0 Å². The molecule has 1 saturated heterocycles. The van der Waals surface area contributed by atoms with E-state index in [1.54, 1.807) is 10.9 Å². The van der Waals surface area contributed by atoms with Gasteiger partial charge in [0.15, 0.2) is 0 Å². The molecule has 1 aliphatic heterocycles. The molecule has 7 heteroatoms. The molecule has 0 radical (unpaired) electrons. The third kappa shape index (κ3) is 2.81. The Kier molecular flexibility index (Phi) is 3.86. The Bertz CT molecular complexity index is 460. The second-order valence-electron chi connectivity index (χ2n) is 4.26. The van der Waals surface area contributed by atoms with Gasteiger partial charge in [-0.25, -0.2) is 4.79 Å². The fraction of sp³-hybridized carbons (Fsp3) is 0.545. The third-order valence-electron chi connectivity index (χ3n) is 3.01. The summed E-state index contributed by atoms with van der Waals surface area (Å²) >= 11 is 5.71. The van der Waals surface area contributed by atoms with E-state index in [9.17, 15) is 9.59 Å². The average Bonchev–Trinajstić information content (AvgIpc) is 2.94. The lowest BCUT2D eigenvalue weighted by Gasteiger charge is -2.21. The van der Waals surface area contributed by atoms with Crippen LogP contribution in [0.3, 0.4) is 0 Å². The number of carbonyl (C=O) groups excluding carboxylic acids is 1. The maximum Gasteiger partial charge on any atom is 0.326 e. The Balaban J connectivity index is 1.89. The van der Waals surface area contributed by atoms with Crippen molar-refractivity contribution >= 4 is 23.5 Å². The van der Waals surface area contributed by atoms with Gasteiger partial charge in [-0.05, 0) is 12.8 Å². The lowest BCUT2D eigenvalue weighted by atomic mass is 10.2. The molecule has 1 N–H and O–H groups in total. The first-order valence-electron chi connectivity index (χ1n) is 5.78. The molecular formula is C11H14ClN3O3. The fourth-order valence-electron chi connectivity index (χ4n) is 2.14. The van der Waals surface area contributed by atoms with Crippen LogP contribution in [-0.4, -0.2) is 44.3 Å². The van der Waals surface area contributed by atoms with Gasteiger partial charge in [-0.1, -0.05) is 11.6 Å². The molecule has 0 aliphatic carbocycles. The maximum absolute atomic E-state index is 11.9. The van der Waals surface area contributed by atoms with E-state index in [1.807, 2.05) is 0 Å². The first-order valence-corrected chi connectivity index (χ1v) is 6.16. The summed E-state index contributed by atoms with van der Waals surface area (Å²) in [5.41, 5.74) is 0. The number of likely N-dealkylation sites (tertiary alicyclic amines) is 1. The maximum atomic E-state index is 11.9. The van der Waals surface area contributed by atoms with Crippen molar-refractivity contribution in [2.45, 2.75) is 31.8 Å². The molecule has 0 saturated carbocycles. The van der Waals surface area contributed by atoms with Crippen molar-refractivity contribution in [2.24, 2.45) is 0 Å². The van der Waals surface area contributed by atoms with Gasteiger partial charge >= 0.3 is 5.97 Å². The van der Waals surface area contributed by atoms with Crippen LogP contribution in [0.5, 0.6) is 0 Å². The summed E-state index contributed by atoms with van der Waals surface area (Å²) in [5, 5.41) is 13.5. The molecule has 1 aromatic heterocycles. The molecule has 18 heavy (non-hydrogen) atoms. The van der Waals surface area contributed by atoms with Crippen LogP contribution in [-0.2, 0) is 16.1 Å². The molecule has 1 aromatic rings. The third-order valence-corrected chi connectivity index (χ3v) is 3.21. The highest BCUT2D eigenvalue weighted by Gasteiger charge is 2.33. The second kappa shape index (κ2) is 5.39. The standard InChI is InChI=1S/C11H14ClN3O3/c12-8-6-13-14(7-8)5-3-10(16)15-4-1-2-9(15)11(17)18/h6-7,9H,1-5H2,(H,17,18)/t9-/m0/s1.